The van der Waals surface area contributed by atoms with E-state index >= 15 is 0 Å². The molecule has 166 valence electrons. The van der Waals surface area contributed by atoms with E-state index in [2.05, 4.69) is 20.6 Å². The van der Waals surface area contributed by atoms with E-state index in [1.54, 1.807) is 13.0 Å². The molecule has 0 aliphatic heterocycles. The van der Waals surface area contributed by atoms with Crippen LogP contribution in [0.25, 0.3) is 0 Å². The number of anilines is 1. The molecular formula is C20H21ClF2N4O3S. The molecule has 1 aliphatic carbocycles. The Morgan fingerprint density at radius 3 is 2.52 bits per heavy atom. The average Bonchev–Trinajstić information content (AvgIpc) is 3.45. The highest BCUT2D eigenvalue weighted by Crippen LogP contribution is 2.52. The minimum Gasteiger partial charge on any atom is -0.373 e. The van der Waals surface area contributed by atoms with Crippen LogP contribution in [0.2, 0.25) is 5.02 Å². The Kier molecular flexibility index (Phi) is 6.61. The van der Waals surface area contributed by atoms with Crippen molar-refractivity contribution < 1.29 is 22.0 Å². The first kappa shape index (κ1) is 23.1. The van der Waals surface area contributed by atoms with E-state index in [1.165, 1.54) is 30.6 Å². The van der Waals surface area contributed by atoms with Crippen LogP contribution >= 0.6 is 11.6 Å². The van der Waals surface area contributed by atoms with Crippen LogP contribution < -0.4 is 10.6 Å². The molecule has 1 saturated carbocycles. The zero-order chi connectivity index (χ0) is 22.8. The second kappa shape index (κ2) is 8.88. The van der Waals surface area contributed by atoms with Gasteiger partial charge in [-0.1, -0.05) is 29.8 Å². The summed E-state index contributed by atoms with van der Waals surface area (Å²) in [5.41, 5.74) is -0.958. The molecular weight excluding hydrogens is 450 g/mol. The lowest BCUT2D eigenvalue weighted by Crippen LogP contribution is -2.32. The maximum atomic E-state index is 15.0. The summed E-state index contributed by atoms with van der Waals surface area (Å²) in [7, 11) is -3.31. The summed E-state index contributed by atoms with van der Waals surface area (Å²) in [6.45, 7) is 1.60. The quantitative estimate of drug-likeness (QED) is 0.611. The van der Waals surface area contributed by atoms with Gasteiger partial charge >= 0.3 is 0 Å². The van der Waals surface area contributed by atoms with Gasteiger partial charge in [0.15, 0.2) is 9.84 Å². The molecule has 2 atom stereocenters. The van der Waals surface area contributed by atoms with E-state index in [0.29, 0.717) is 18.5 Å². The lowest BCUT2D eigenvalue weighted by atomic mass is 10.00. The lowest BCUT2D eigenvalue weighted by Gasteiger charge is -2.24. The van der Waals surface area contributed by atoms with Gasteiger partial charge in [0, 0.05) is 17.7 Å². The van der Waals surface area contributed by atoms with E-state index < -0.39 is 39.3 Å². The fraction of sp³-hybridized carbons (Fsp3) is 0.350. The molecule has 0 radical (unpaired) electrons. The molecule has 2 aromatic rings. The number of benzene rings is 1. The second-order valence-electron chi connectivity index (χ2n) is 7.47. The van der Waals surface area contributed by atoms with Crippen LogP contribution in [0.4, 0.5) is 14.5 Å². The first-order valence-electron chi connectivity index (χ1n) is 9.39. The van der Waals surface area contributed by atoms with E-state index in [9.17, 15) is 22.0 Å². The van der Waals surface area contributed by atoms with Crippen molar-refractivity contribution in [3.8, 4) is 0 Å². The summed E-state index contributed by atoms with van der Waals surface area (Å²) >= 11 is 6.05. The van der Waals surface area contributed by atoms with Gasteiger partial charge in [-0.3, -0.25) is 4.79 Å². The maximum Gasteiger partial charge on any atom is 0.289 e. The summed E-state index contributed by atoms with van der Waals surface area (Å²) in [5, 5.41) is 6.34. The van der Waals surface area contributed by atoms with Gasteiger partial charge in [0.2, 0.25) is 5.82 Å². The number of aromatic nitrogens is 2. The minimum atomic E-state index is -3.31. The van der Waals surface area contributed by atoms with Crippen molar-refractivity contribution in [3.63, 3.8) is 0 Å². The van der Waals surface area contributed by atoms with Crippen molar-refractivity contribution >= 4 is 33.0 Å². The van der Waals surface area contributed by atoms with Crippen LogP contribution in [0.3, 0.4) is 0 Å². The van der Waals surface area contributed by atoms with Crippen molar-refractivity contribution in [1.29, 1.82) is 0 Å². The van der Waals surface area contributed by atoms with E-state index in [0.717, 1.165) is 11.7 Å². The fourth-order valence-electron chi connectivity index (χ4n) is 2.90. The standard InChI is InChI=1S/C20H21ClF2N4O3S/c1-12(6-9-31(2,29)30)26-19(28)18-24-10-13(11-25-18)27-17(20(23)7-8-20)14-4-3-5-15(22)16(14)21/h3-6,9-12,17,27H,7-8H2,1-2H3,(H,26,28)/b9-6+/t12-,17-/m1/s1. The van der Waals surface area contributed by atoms with Gasteiger partial charge in [0.05, 0.1) is 29.1 Å². The number of carbonyl (C=O) groups is 1. The van der Waals surface area contributed by atoms with Crippen LogP contribution in [0, 0.1) is 5.82 Å². The summed E-state index contributed by atoms with van der Waals surface area (Å²) in [5.74, 6) is -1.39. The highest BCUT2D eigenvalue weighted by molar-refractivity contribution is 7.93. The molecule has 3 rings (SSSR count). The third-order valence-corrected chi connectivity index (χ3v) is 5.73. The molecule has 1 aromatic carbocycles. The Hall–Kier alpha value is -2.59. The number of hydrogen-bond acceptors (Lipinski definition) is 6. The van der Waals surface area contributed by atoms with E-state index in [-0.39, 0.29) is 16.4 Å². The van der Waals surface area contributed by atoms with Gasteiger partial charge in [-0.15, -0.1) is 0 Å². The predicted octanol–water partition coefficient (Wildman–Crippen LogP) is 3.60. The number of hydrogen-bond donors (Lipinski definition) is 2. The second-order valence-corrected chi connectivity index (χ2v) is 9.78. The maximum absolute atomic E-state index is 15.0. The molecule has 1 heterocycles. The van der Waals surface area contributed by atoms with Gasteiger partial charge in [-0.2, -0.15) is 0 Å². The Morgan fingerprint density at radius 2 is 1.94 bits per heavy atom. The summed E-state index contributed by atoms with van der Waals surface area (Å²) in [6.07, 6.45) is 5.60. The first-order chi connectivity index (χ1) is 14.5. The Bertz CT molecular complexity index is 1110. The van der Waals surface area contributed by atoms with Crippen molar-refractivity contribution in [2.24, 2.45) is 0 Å². The van der Waals surface area contributed by atoms with E-state index in [4.69, 9.17) is 11.6 Å². The van der Waals surface area contributed by atoms with Gasteiger partial charge in [0.1, 0.15) is 11.5 Å². The Morgan fingerprint density at radius 1 is 1.29 bits per heavy atom. The molecule has 0 bridgehead atoms. The number of carbonyl (C=O) groups excluding carboxylic acids is 1. The summed E-state index contributed by atoms with van der Waals surface area (Å²) < 4.78 is 51.1. The van der Waals surface area contributed by atoms with Crippen LogP contribution in [0.1, 0.15) is 42.0 Å². The minimum absolute atomic E-state index is 0.146. The monoisotopic (exact) mass is 470 g/mol. The van der Waals surface area contributed by atoms with Crippen LogP contribution in [-0.4, -0.2) is 42.3 Å². The van der Waals surface area contributed by atoms with Crippen LogP contribution in [0.15, 0.2) is 42.1 Å². The number of alkyl halides is 1. The third-order valence-electron chi connectivity index (χ3n) is 4.68. The molecule has 31 heavy (non-hydrogen) atoms. The van der Waals surface area contributed by atoms with Crippen LogP contribution in [-0.2, 0) is 9.84 Å². The molecule has 0 unspecified atom stereocenters. The number of nitrogens with zero attached hydrogens (tertiary/aromatic N) is 2. The van der Waals surface area contributed by atoms with Gasteiger partial charge in [0.25, 0.3) is 5.91 Å². The van der Waals surface area contributed by atoms with Crippen molar-refractivity contribution in [2.75, 3.05) is 11.6 Å². The third kappa shape index (κ3) is 5.98. The molecule has 11 heteroatoms. The van der Waals surface area contributed by atoms with Crippen molar-refractivity contribution in [3.05, 3.63) is 64.3 Å². The average molecular weight is 471 g/mol. The van der Waals surface area contributed by atoms with Gasteiger partial charge in [-0.05, 0) is 31.4 Å². The number of halogens is 3. The van der Waals surface area contributed by atoms with Crippen molar-refractivity contribution in [2.45, 2.75) is 37.5 Å². The molecule has 1 aliphatic rings. The number of rotatable bonds is 8. The molecule has 0 spiro atoms. The highest BCUT2D eigenvalue weighted by Gasteiger charge is 2.52. The smallest absolute Gasteiger partial charge is 0.289 e. The predicted molar refractivity (Wildman–Crippen MR) is 114 cm³/mol. The van der Waals surface area contributed by atoms with Crippen molar-refractivity contribution in [1.82, 2.24) is 15.3 Å². The SMILES string of the molecule is C[C@H](/C=C/S(C)(=O)=O)NC(=O)c1ncc(N[C@H](c2cccc(F)c2Cl)C2(F)CC2)cn1. The number of nitrogens with one attached hydrogen (secondary N) is 2. The van der Waals surface area contributed by atoms with Crippen LogP contribution in [0.5, 0.6) is 0 Å². The normalized spacial score (nSPS) is 17.2. The summed E-state index contributed by atoms with van der Waals surface area (Å²) in [4.78, 5) is 20.2. The zero-order valence-electron chi connectivity index (χ0n) is 16.8. The molecule has 2 N–H and O–H groups in total. The lowest BCUT2D eigenvalue weighted by molar-refractivity contribution is 0.0936. The first-order valence-corrected chi connectivity index (χ1v) is 11.7. The number of sulfone groups is 1. The summed E-state index contributed by atoms with van der Waals surface area (Å²) in [6, 6.07) is 2.74. The van der Waals surface area contributed by atoms with Gasteiger partial charge in [-0.25, -0.2) is 27.2 Å². The molecule has 1 amide bonds. The number of amides is 1. The fourth-order valence-corrected chi connectivity index (χ4v) is 3.66. The van der Waals surface area contributed by atoms with E-state index in [1.807, 2.05) is 0 Å². The highest BCUT2D eigenvalue weighted by atomic mass is 35.5. The zero-order valence-corrected chi connectivity index (χ0v) is 18.3. The molecule has 1 fully saturated rings. The topological polar surface area (TPSA) is 101 Å². The Labute approximate surface area is 183 Å². The van der Waals surface area contributed by atoms with Gasteiger partial charge < -0.3 is 10.6 Å². The molecule has 1 aromatic heterocycles. The molecule has 7 nitrogen and oxygen atoms in total. The Balaban J connectivity index is 1.72. The molecule has 0 saturated heterocycles. The largest absolute Gasteiger partial charge is 0.373 e.